The number of hydrogen-bond donors (Lipinski definition) is 0. The van der Waals surface area contributed by atoms with E-state index in [1.165, 1.54) is 11.3 Å². The van der Waals surface area contributed by atoms with Crippen molar-refractivity contribution in [3.05, 3.63) is 22.8 Å². The highest BCUT2D eigenvalue weighted by molar-refractivity contribution is 7.10. The molecule has 0 bridgehead atoms. The summed E-state index contributed by atoms with van der Waals surface area (Å²) in [5.74, 6) is 0. The molecule has 0 aliphatic heterocycles. The summed E-state index contributed by atoms with van der Waals surface area (Å²) in [6, 6.07) is 2.25. The van der Waals surface area contributed by atoms with Crippen LogP contribution in [0.4, 0.5) is 0 Å². The summed E-state index contributed by atoms with van der Waals surface area (Å²) in [7, 11) is 1.87. The number of aromatic nitrogens is 3. The Kier molecular flexibility index (Phi) is 2.52. The monoisotopic (exact) mass is 232 g/mol. The molecule has 0 amide bonds. The lowest BCUT2D eigenvalue weighted by Crippen LogP contribution is -2.13. The number of thiazole rings is 1. The summed E-state index contributed by atoms with van der Waals surface area (Å²) in [6.45, 7) is 3.75. The summed E-state index contributed by atoms with van der Waals surface area (Å²) in [5, 5.41) is 15.9. The van der Waals surface area contributed by atoms with E-state index in [4.69, 9.17) is 5.26 Å². The van der Waals surface area contributed by atoms with Gasteiger partial charge in [0.05, 0.1) is 18.0 Å². The van der Waals surface area contributed by atoms with Crippen LogP contribution in [0.15, 0.2) is 17.8 Å². The molecule has 0 aliphatic rings. The maximum absolute atomic E-state index is 9.03. The molecule has 0 atom stereocenters. The Morgan fingerprint density at radius 1 is 1.50 bits per heavy atom. The van der Waals surface area contributed by atoms with Gasteiger partial charge in [0.25, 0.3) is 0 Å². The third-order valence-corrected chi connectivity index (χ3v) is 3.48. The number of nitriles is 1. The first-order valence-electron chi connectivity index (χ1n) is 4.89. The van der Waals surface area contributed by atoms with Crippen molar-refractivity contribution in [3.63, 3.8) is 0 Å². The predicted molar refractivity (Wildman–Crippen MR) is 63.0 cm³/mol. The zero-order valence-corrected chi connectivity index (χ0v) is 10.2. The van der Waals surface area contributed by atoms with E-state index in [0.717, 1.165) is 16.3 Å². The SMILES string of the molecule is Cn1cc(-c2csc(C(C)(C)C#N)n2)cn1. The summed E-state index contributed by atoms with van der Waals surface area (Å²) in [6.07, 6.45) is 3.69. The Morgan fingerprint density at radius 2 is 2.25 bits per heavy atom. The minimum absolute atomic E-state index is 0.523. The van der Waals surface area contributed by atoms with Gasteiger partial charge >= 0.3 is 0 Å². The highest BCUT2D eigenvalue weighted by Gasteiger charge is 2.24. The molecule has 0 aliphatic carbocycles. The van der Waals surface area contributed by atoms with E-state index in [1.54, 1.807) is 10.9 Å². The van der Waals surface area contributed by atoms with Gasteiger partial charge in [-0.25, -0.2) is 4.98 Å². The zero-order valence-electron chi connectivity index (χ0n) is 9.43. The average Bonchev–Trinajstić information content (AvgIpc) is 2.85. The van der Waals surface area contributed by atoms with Crippen molar-refractivity contribution >= 4 is 11.3 Å². The molecule has 5 heteroatoms. The third-order valence-electron chi connectivity index (χ3n) is 2.32. The van der Waals surface area contributed by atoms with Gasteiger partial charge in [-0.3, -0.25) is 4.68 Å². The molecule has 2 aromatic rings. The molecule has 2 rings (SSSR count). The van der Waals surface area contributed by atoms with Crippen LogP contribution in [0.25, 0.3) is 11.3 Å². The Hall–Kier alpha value is -1.67. The van der Waals surface area contributed by atoms with Gasteiger partial charge in [-0.2, -0.15) is 10.4 Å². The van der Waals surface area contributed by atoms with Crippen LogP contribution in [-0.4, -0.2) is 14.8 Å². The van der Waals surface area contributed by atoms with E-state index in [9.17, 15) is 0 Å². The second kappa shape index (κ2) is 3.72. The maximum Gasteiger partial charge on any atom is 0.113 e. The zero-order chi connectivity index (χ0) is 11.8. The molecule has 0 N–H and O–H groups in total. The molecule has 0 spiro atoms. The first kappa shape index (κ1) is 10.8. The van der Waals surface area contributed by atoms with E-state index in [0.29, 0.717) is 0 Å². The lowest BCUT2D eigenvalue weighted by molar-refractivity contribution is 0.680. The van der Waals surface area contributed by atoms with Crippen molar-refractivity contribution in [1.82, 2.24) is 14.8 Å². The van der Waals surface area contributed by atoms with Gasteiger partial charge in [0, 0.05) is 24.2 Å². The van der Waals surface area contributed by atoms with E-state index in [-0.39, 0.29) is 0 Å². The first-order valence-corrected chi connectivity index (χ1v) is 5.77. The van der Waals surface area contributed by atoms with Crippen molar-refractivity contribution in [1.29, 1.82) is 5.26 Å². The van der Waals surface area contributed by atoms with Crippen LogP contribution in [0, 0.1) is 11.3 Å². The molecule has 0 unspecified atom stereocenters. The Labute approximate surface area is 98.2 Å². The fourth-order valence-electron chi connectivity index (χ4n) is 1.29. The van der Waals surface area contributed by atoms with Gasteiger partial charge in [0.2, 0.25) is 0 Å². The largest absolute Gasteiger partial charge is 0.275 e. The minimum atomic E-state index is -0.523. The van der Waals surface area contributed by atoms with Gasteiger partial charge in [-0.05, 0) is 13.8 Å². The van der Waals surface area contributed by atoms with Gasteiger partial charge in [0.15, 0.2) is 0 Å². The van der Waals surface area contributed by atoms with Crippen LogP contribution in [0.5, 0.6) is 0 Å². The highest BCUT2D eigenvalue weighted by atomic mass is 32.1. The fraction of sp³-hybridized carbons (Fsp3) is 0.364. The Balaban J connectivity index is 2.38. The van der Waals surface area contributed by atoms with Crippen LogP contribution < -0.4 is 0 Å². The molecule has 2 aromatic heterocycles. The van der Waals surface area contributed by atoms with E-state index >= 15 is 0 Å². The molecule has 16 heavy (non-hydrogen) atoms. The van der Waals surface area contributed by atoms with Crippen LogP contribution in [0.3, 0.4) is 0 Å². The second-order valence-corrected chi connectivity index (χ2v) is 5.04. The van der Waals surface area contributed by atoms with E-state index in [1.807, 2.05) is 32.5 Å². The Morgan fingerprint density at radius 3 is 2.81 bits per heavy atom. The summed E-state index contributed by atoms with van der Waals surface area (Å²) in [5.41, 5.74) is 1.35. The van der Waals surface area contributed by atoms with Crippen LogP contribution >= 0.6 is 11.3 Å². The van der Waals surface area contributed by atoms with Gasteiger partial charge in [-0.1, -0.05) is 0 Å². The standard InChI is InChI=1S/C11H12N4S/c1-11(2,7-12)10-14-9(6-16-10)8-4-13-15(3)5-8/h4-6H,1-3H3. The molecule has 0 saturated heterocycles. The first-order chi connectivity index (χ1) is 7.53. The van der Waals surface area contributed by atoms with Crippen molar-refractivity contribution in [2.24, 2.45) is 7.05 Å². The topological polar surface area (TPSA) is 54.5 Å². The van der Waals surface area contributed by atoms with Crippen molar-refractivity contribution in [2.75, 3.05) is 0 Å². The molecule has 0 saturated carbocycles. The molecular weight excluding hydrogens is 220 g/mol. The lowest BCUT2D eigenvalue weighted by Gasteiger charge is -2.09. The molecule has 0 aromatic carbocycles. The quantitative estimate of drug-likeness (QED) is 0.798. The molecule has 4 nitrogen and oxygen atoms in total. The van der Waals surface area contributed by atoms with Crippen molar-refractivity contribution < 1.29 is 0 Å². The second-order valence-electron chi connectivity index (χ2n) is 4.18. The predicted octanol–water partition coefficient (Wildman–Crippen LogP) is 2.34. The maximum atomic E-state index is 9.03. The molecule has 82 valence electrons. The van der Waals surface area contributed by atoms with Crippen LogP contribution in [0.1, 0.15) is 18.9 Å². The van der Waals surface area contributed by atoms with E-state index < -0.39 is 5.41 Å². The molecule has 0 radical (unpaired) electrons. The molecule has 2 heterocycles. The van der Waals surface area contributed by atoms with E-state index in [2.05, 4.69) is 16.2 Å². The number of nitrogens with zero attached hydrogens (tertiary/aromatic N) is 4. The average molecular weight is 232 g/mol. The third kappa shape index (κ3) is 1.84. The fourth-order valence-corrected chi connectivity index (χ4v) is 2.20. The van der Waals surface area contributed by atoms with Gasteiger partial charge in [-0.15, -0.1) is 11.3 Å². The Bertz CT molecular complexity index is 544. The summed E-state index contributed by atoms with van der Waals surface area (Å²) < 4.78 is 1.74. The van der Waals surface area contributed by atoms with Gasteiger partial charge in [0.1, 0.15) is 10.4 Å². The highest BCUT2D eigenvalue weighted by Crippen LogP contribution is 2.29. The van der Waals surface area contributed by atoms with Crippen LogP contribution in [-0.2, 0) is 12.5 Å². The lowest BCUT2D eigenvalue weighted by atomic mass is 9.97. The number of aryl methyl sites for hydroxylation is 1. The minimum Gasteiger partial charge on any atom is -0.275 e. The van der Waals surface area contributed by atoms with Crippen LogP contribution in [0.2, 0.25) is 0 Å². The number of hydrogen-bond acceptors (Lipinski definition) is 4. The van der Waals surface area contributed by atoms with Gasteiger partial charge < -0.3 is 0 Å². The summed E-state index contributed by atoms with van der Waals surface area (Å²) >= 11 is 1.51. The van der Waals surface area contributed by atoms with Crippen molar-refractivity contribution in [2.45, 2.75) is 19.3 Å². The normalized spacial score (nSPS) is 11.4. The number of rotatable bonds is 2. The molecule has 0 fully saturated rings. The van der Waals surface area contributed by atoms with Crippen molar-refractivity contribution in [3.8, 4) is 17.3 Å². The smallest absolute Gasteiger partial charge is 0.113 e. The summed E-state index contributed by atoms with van der Waals surface area (Å²) in [4.78, 5) is 4.48. The molecular formula is C11H12N4S.